The molecular formula is C17H17FN2O. The maximum Gasteiger partial charge on any atom is 0.136 e. The van der Waals surface area contributed by atoms with Crippen LogP contribution in [0, 0.1) is 17.1 Å². The number of hydrogen-bond acceptors (Lipinski definition) is 3. The van der Waals surface area contributed by atoms with Crippen LogP contribution in [0.15, 0.2) is 42.5 Å². The SMILES string of the molecule is CCN(Cc1ccc(C#N)c(OC)c1)c1ccc(F)cc1. The highest BCUT2D eigenvalue weighted by Gasteiger charge is 2.08. The van der Waals surface area contributed by atoms with E-state index in [-0.39, 0.29) is 5.82 Å². The van der Waals surface area contributed by atoms with Gasteiger partial charge in [0.15, 0.2) is 0 Å². The standard InChI is InChI=1S/C17H17FN2O/c1-3-20(16-8-6-15(18)7-9-16)12-13-4-5-14(11-19)17(10-13)21-2/h4-10H,3,12H2,1-2H3. The van der Waals surface area contributed by atoms with Crippen LogP contribution in [0.3, 0.4) is 0 Å². The van der Waals surface area contributed by atoms with Gasteiger partial charge in [0, 0.05) is 18.8 Å². The van der Waals surface area contributed by atoms with E-state index < -0.39 is 0 Å². The highest BCUT2D eigenvalue weighted by Crippen LogP contribution is 2.22. The molecule has 0 saturated heterocycles. The van der Waals surface area contributed by atoms with E-state index in [2.05, 4.69) is 11.0 Å². The summed E-state index contributed by atoms with van der Waals surface area (Å²) in [6.07, 6.45) is 0. The van der Waals surface area contributed by atoms with Crippen molar-refractivity contribution in [2.45, 2.75) is 13.5 Å². The summed E-state index contributed by atoms with van der Waals surface area (Å²) in [4.78, 5) is 2.13. The molecule has 0 heterocycles. The molecule has 0 unspecified atom stereocenters. The van der Waals surface area contributed by atoms with E-state index in [4.69, 9.17) is 10.00 Å². The van der Waals surface area contributed by atoms with Crippen molar-refractivity contribution in [1.29, 1.82) is 5.26 Å². The number of benzene rings is 2. The summed E-state index contributed by atoms with van der Waals surface area (Å²) in [6.45, 7) is 3.52. The molecule has 4 heteroatoms. The molecule has 2 aromatic carbocycles. The molecule has 0 bridgehead atoms. The molecule has 0 aliphatic rings. The Balaban J connectivity index is 2.22. The van der Waals surface area contributed by atoms with Gasteiger partial charge in [-0.25, -0.2) is 4.39 Å². The lowest BCUT2D eigenvalue weighted by Crippen LogP contribution is -2.21. The maximum absolute atomic E-state index is 13.0. The number of anilines is 1. The van der Waals surface area contributed by atoms with Crippen molar-refractivity contribution in [3.8, 4) is 11.8 Å². The van der Waals surface area contributed by atoms with Crippen molar-refractivity contribution < 1.29 is 9.13 Å². The molecule has 2 rings (SSSR count). The number of methoxy groups -OCH3 is 1. The van der Waals surface area contributed by atoms with Crippen molar-refractivity contribution in [2.24, 2.45) is 0 Å². The number of nitriles is 1. The third-order valence-electron chi connectivity index (χ3n) is 3.33. The Hall–Kier alpha value is -2.54. The smallest absolute Gasteiger partial charge is 0.136 e. The van der Waals surface area contributed by atoms with Crippen molar-refractivity contribution in [3.05, 3.63) is 59.4 Å². The number of hydrogen-bond donors (Lipinski definition) is 0. The van der Waals surface area contributed by atoms with Gasteiger partial charge in [-0.1, -0.05) is 6.07 Å². The second kappa shape index (κ2) is 6.76. The predicted molar refractivity (Wildman–Crippen MR) is 80.8 cm³/mol. The van der Waals surface area contributed by atoms with Crippen LogP contribution in [0.4, 0.5) is 10.1 Å². The first-order chi connectivity index (χ1) is 10.2. The molecule has 0 spiro atoms. The van der Waals surface area contributed by atoms with Crippen molar-refractivity contribution >= 4 is 5.69 Å². The molecule has 0 saturated carbocycles. The van der Waals surface area contributed by atoms with Crippen LogP contribution in [0.2, 0.25) is 0 Å². The average Bonchev–Trinajstić information content (AvgIpc) is 2.53. The van der Waals surface area contributed by atoms with E-state index in [1.165, 1.54) is 12.1 Å². The molecule has 0 aliphatic carbocycles. The summed E-state index contributed by atoms with van der Waals surface area (Å²) >= 11 is 0. The number of nitrogens with zero attached hydrogens (tertiary/aromatic N) is 2. The van der Waals surface area contributed by atoms with Crippen molar-refractivity contribution in [3.63, 3.8) is 0 Å². The number of rotatable bonds is 5. The monoisotopic (exact) mass is 284 g/mol. The molecule has 0 aromatic heterocycles. The minimum absolute atomic E-state index is 0.241. The Labute approximate surface area is 124 Å². The van der Waals surface area contributed by atoms with Gasteiger partial charge in [0.1, 0.15) is 17.6 Å². The number of ether oxygens (including phenoxy) is 1. The minimum atomic E-state index is -0.241. The van der Waals surface area contributed by atoms with E-state index in [1.54, 1.807) is 25.3 Å². The molecule has 0 N–H and O–H groups in total. The van der Waals surface area contributed by atoms with Gasteiger partial charge in [-0.15, -0.1) is 0 Å². The van der Waals surface area contributed by atoms with Gasteiger partial charge in [-0.3, -0.25) is 0 Å². The fourth-order valence-corrected chi connectivity index (χ4v) is 2.18. The van der Waals surface area contributed by atoms with Crippen molar-refractivity contribution in [1.82, 2.24) is 0 Å². The largest absolute Gasteiger partial charge is 0.495 e. The lowest BCUT2D eigenvalue weighted by molar-refractivity contribution is 0.413. The van der Waals surface area contributed by atoms with E-state index in [9.17, 15) is 4.39 Å². The van der Waals surface area contributed by atoms with Gasteiger partial charge in [-0.2, -0.15) is 5.26 Å². The molecule has 0 fully saturated rings. The first-order valence-corrected chi connectivity index (χ1v) is 6.75. The Morgan fingerprint density at radius 3 is 2.48 bits per heavy atom. The summed E-state index contributed by atoms with van der Waals surface area (Å²) in [7, 11) is 1.55. The molecule has 3 nitrogen and oxygen atoms in total. The van der Waals surface area contributed by atoms with Crippen LogP contribution < -0.4 is 9.64 Å². The summed E-state index contributed by atoms with van der Waals surface area (Å²) in [6, 6.07) is 14.1. The summed E-state index contributed by atoms with van der Waals surface area (Å²) in [5, 5.41) is 9.00. The van der Waals surface area contributed by atoms with Crippen LogP contribution in [-0.2, 0) is 6.54 Å². The van der Waals surface area contributed by atoms with Gasteiger partial charge >= 0.3 is 0 Å². The Kier molecular flexibility index (Phi) is 4.78. The molecule has 21 heavy (non-hydrogen) atoms. The topological polar surface area (TPSA) is 36.3 Å². The second-order valence-electron chi connectivity index (χ2n) is 4.64. The lowest BCUT2D eigenvalue weighted by Gasteiger charge is -2.23. The first-order valence-electron chi connectivity index (χ1n) is 6.75. The van der Waals surface area contributed by atoms with Crippen LogP contribution in [0.5, 0.6) is 5.75 Å². The minimum Gasteiger partial charge on any atom is -0.495 e. The maximum atomic E-state index is 13.0. The van der Waals surface area contributed by atoms with Gasteiger partial charge in [0.05, 0.1) is 12.7 Å². The third-order valence-corrected chi connectivity index (χ3v) is 3.33. The zero-order chi connectivity index (χ0) is 15.2. The van der Waals surface area contributed by atoms with Crippen molar-refractivity contribution in [2.75, 3.05) is 18.6 Å². The van der Waals surface area contributed by atoms with E-state index in [1.807, 2.05) is 19.1 Å². The molecule has 0 aliphatic heterocycles. The zero-order valence-electron chi connectivity index (χ0n) is 12.1. The summed E-state index contributed by atoms with van der Waals surface area (Å²) in [5.41, 5.74) is 2.52. The molecule has 0 radical (unpaired) electrons. The Morgan fingerprint density at radius 1 is 1.19 bits per heavy atom. The van der Waals surface area contributed by atoms with E-state index in [0.29, 0.717) is 17.9 Å². The van der Waals surface area contributed by atoms with Gasteiger partial charge < -0.3 is 9.64 Å². The summed E-state index contributed by atoms with van der Waals surface area (Å²) < 4.78 is 18.2. The highest BCUT2D eigenvalue weighted by molar-refractivity contribution is 5.49. The fraction of sp³-hybridized carbons (Fsp3) is 0.235. The van der Waals surface area contributed by atoms with Crippen LogP contribution in [-0.4, -0.2) is 13.7 Å². The Morgan fingerprint density at radius 2 is 1.90 bits per heavy atom. The van der Waals surface area contributed by atoms with Gasteiger partial charge in [0.25, 0.3) is 0 Å². The zero-order valence-corrected chi connectivity index (χ0v) is 12.1. The Bertz CT molecular complexity index is 647. The molecule has 0 amide bonds. The molecule has 2 aromatic rings. The lowest BCUT2D eigenvalue weighted by atomic mass is 10.1. The van der Waals surface area contributed by atoms with E-state index >= 15 is 0 Å². The van der Waals surface area contributed by atoms with Crippen LogP contribution in [0.25, 0.3) is 0 Å². The predicted octanol–water partition coefficient (Wildman–Crippen LogP) is 3.73. The van der Waals surface area contributed by atoms with Crippen LogP contribution >= 0.6 is 0 Å². The summed E-state index contributed by atoms with van der Waals surface area (Å²) in [5.74, 6) is 0.333. The van der Waals surface area contributed by atoms with Crippen LogP contribution in [0.1, 0.15) is 18.1 Å². The molecule has 0 atom stereocenters. The molecule has 108 valence electrons. The van der Waals surface area contributed by atoms with Gasteiger partial charge in [-0.05, 0) is 48.9 Å². The normalized spacial score (nSPS) is 10.0. The number of halogens is 1. The average molecular weight is 284 g/mol. The van der Waals surface area contributed by atoms with E-state index in [0.717, 1.165) is 17.8 Å². The molecular weight excluding hydrogens is 267 g/mol. The second-order valence-corrected chi connectivity index (χ2v) is 4.64. The third kappa shape index (κ3) is 3.51. The first kappa shape index (κ1) is 14.9. The van der Waals surface area contributed by atoms with Gasteiger partial charge in [0.2, 0.25) is 0 Å². The quantitative estimate of drug-likeness (QED) is 0.839. The fourth-order valence-electron chi connectivity index (χ4n) is 2.18. The highest BCUT2D eigenvalue weighted by atomic mass is 19.1.